The van der Waals surface area contributed by atoms with Crippen LogP contribution < -0.4 is 10.3 Å². The van der Waals surface area contributed by atoms with E-state index < -0.39 is 0 Å². The molecule has 3 nitrogen and oxygen atoms in total. The van der Waals surface area contributed by atoms with Gasteiger partial charge in [0.15, 0.2) is 0 Å². The summed E-state index contributed by atoms with van der Waals surface area (Å²) in [7, 11) is 4.11. The molecule has 0 unspecified atom stereocenters. The van der Waals surface area contributed by atoms with E-state index in [0.29, 0.717) is 0 Å². The van der Waals surface area contributed by atoms with Crippen molar-refractivity contribution in [2.75, 3.05) is 11.9 Å². The molecule has 0 aromatic heterocycles. The predicted octanol–water partition coefficient (Wildman–Crippen LogP) is 1.07. The van der Waals surface area contributed by atoms with Gasteiger partial charge in [-0.3, -0.25) is 0 Å². The van der Waals surface area contributed by atoms with E-state index in [1.54, 1.807) is 0 Å². The van der Waals surface area contributed by atoms with Crippen LogP contribution in [0.4, 0.5) is 5.69 Å². The average molecular weight is 265 g/mol. The number of halogens is 1. The molecule has 0 saturated carbocycles. The van der Waals surface area contributed by atoms with E-state index in [2.05, 4.69) is 24.4 Å². The van der Waals surface area contributed by atoms with Gasteiger partial charge in [-0.25, -0.2) is 0 Å². The fourth-order valence-corrected chi connectivity index (χ4v) is 1.64. The molecule has 0 amide bonds. The molecule has 0 spiro atoms. The summed E-state index contributed by atoms with van der Waals surface area (Å²) in [6.45, 7) is 0. The van der Waals surface area contributed by atoms with Crippen LogP contribution in [0.15, 0.2) is 54.6 Å². The molecular formula is C13H16BClNO2. The quantitative estimate of drug-likeness (QED) is 0.765. The fraction of sp³-hybridized carbons (Fsp3) is 0.0769. The van der Waals surface area contributed by atoms with Gasteiger partial charge < -0.3 is 15.8 Å². The van der Waals surface area contributed by atoms with Crippen LogP contribution in [-0.2, 0) is 0 Å². The summed E-state index contributed by atoms with van der Waals surface area (Å²) in [5.41, 5.74) is 2.30. The highest BCUT2D eigenvalue weighted by atomic mass is 35.5. The molecule has 0 saturated heterocycles. The van der Waals surface area contributed by atoms with E-state index in [4.69, 9.17) is 11.6 Å². The van der Waals surface area contributed by atoms with Crippen molar-refractivity contribution < 1.29 is 11.0 Å². The van der Waals surface area contributed by atoms with Crippen molar-refractivity contribution in [1.29, 1.82) is 0 Å². The van der Waals surface area contributed by atoms with Gasteiger partial charge in [0.25, 0.3) is 7.41 Å². The average Bonchev–Trinajstić information content (AvgIpc) is 2.31. The molecule has 5 heteroatoms. The highest BCUT2D eigenvalue weighted by Crippen LogP contribution is 2.15. The lowest BCUT2D eigenvalue weighted by atomic mass is 9.80. The lowest BCUT2D eigenvalue weighted by Gasteiger charge is -2.18. The van der Waals surface area contributed by atoms with Crippen LogP contribution in [0.3, 0.4) is 0 Å². The lowest BCUT2D eigenvalue weighted by molar-refractivity contribution is 0.823. The summed E-state index contributed by atoms with van der Waals surface area (Å²) in [5, 5.41) is 0.761. The van der Waals surface area contributed by atoms with Crippen LogP contribution in [0.2, 0.25) is 5.02 Å². The number of hydrogen-bond acceptors (Lipinski definition) is 1. The Kier molecular flexibility index (Phi) is 7.13. The minimum Gasteiger partial charge on any atom is -0.417 e. The van der Waals surface area contributed by atoms with E-state index in [1.165, 1.54) is 5.46 Å². The standard InChI is InChI=1S/C13H12BClN.2H2O/c1-16(13-9-7-12(15)8-10-13)14-11-5-3-2-4-6-11;;/h2-10H,1H3;2*1H2. The third-order valence-electron chi connectivity index (χ3n) is 2.38. The first-order chi connectivity index (χ1) is 7.75. The Morgan fingerprint density at radius 2 is 1.44 bits per heavy atom. The van der Waals surface area contributed by atoms with E-state index in [9.17, 15) is 0 Å². The Morgan fingerprint density at radius 3 is 2.00 bits per heavy atom. The highest BCUT2D eigenvalue weighted by molar-refractivity contribution is 6.57. The van der Waals surface area contributed by atoms with Crippen molar-refractivity contribution in [3.8, 4) is 0 Å². The number of anilines is 1. The van der Waals surface area contributed by atoms with E-state index in [0.717, 1.165) is 10.7 Å². The van der Waals surface area contributed by atoms with Crippen LogP contribution in [0.1, 0.15) is 0 Å². The topological polar surface area (TPSA) is 66.2 Å². The number of nitrogens with zero attached hydrogens (tertiary/aromatic N) is 1. The van der Waals surface area contributed by atoms with Crippen molar-refractivity contribution in [2.45, 2.75) is 0 Å². The predicted molar refractivity (Wildman–Crippen MR) is 78.9 cm³/mol. The third-order valence-corrected chi connectivity index (χ3v) is 2.63. The Labute approximate surface area is 113 Å². The summed E-state index contributed by atoms with van der Waals surface area (Å²) in [6.07, 6.45) is 0. The van der Waals surface area contributed by atoms with Gasteiger partial charge in [-0.1, -0.05) is 47.4 Å². The second-order valence-corrected chi connectivity index (χ2v) is 4.06. The number of rotatable bonds is 3. The highest BCUT2D eigenvalue weighted by Gasteiger charge is 2.03. The Balaban J connectivity index is 0.00000144. The van der Waals surface area contributed by atoms with Crippen molar-refractivity contribution in [2.24, 2.45) is 0 Å². The van der Waals surface area contributed by atoms with Gasteiger partial charge in [-0.05, 0) is 31.3 Å². The van der Waals surface area contributed by atoms with E-state index in [1.807, 2.05) is 49.5 Å². The second-order valence-electron chi connectivity index (χ2n) is 3.63. The van der Waals surface area contributed by atoms with Crippen molar-refractivity contribution in [3.05, 3.63) is 59.6 Å². The molecular weight excluding hydrogens is 248 g/mol. The molecule has 2 aromatic rings. The third kappa shape index (κ3) is 4.41. The Bertz CT molecular complexity index is 450. The van der Waals surface area contributed by atoms with E-state index in [-0.39, 0.29) is 11.0 Å². The van der Waals surface area contributed by atoms with E-state index >= 15 is 0 Å². The zero-order valence-corrected chi connectivity index (χ0v) is 10.9. The van der Waals surface area contributed by atoms with Crippen molar-refractivity contribution in [1.82, 2.24) is 0 Å². The van der Waals surface area contributed by atoms with Crippen molar-refractivity contribution in [3.63, 3.8) is 0 Å². The van der Waals surface area contributed by atoms with Crippen LogP contribution in [0.5, 0.6) is 0 Å². The first-order valence-corrected chi connectivity index (χ1v) is 5.52. The maximum absolute atomic E-state index is 5.85. The van der Waals surface area contributed by atoms with Gasteiger partial charge in [0, 0.05) is 10.7 Å². The first kappa shape index (κ1) is 16.5. The fourth-order valence-electron chi connectivity index (χ4n) is 1.51. The zero-order valence-electron chi connectivity index (χ0n) is 10.1. The summed E-state index contributed by atoms with van der Waals surface area (Å²) >= 11 is 5.85. The molecule has 0 fully saturated rings. The van der Waals surface area contributed by atoms with Gasteiger partial charge in [0.05, 0.1) is 0 Å². The smallest absolute Gasteiger partial charge is 0.284 e. The monoisotopic (exact) mass is 264 g/mol. The summed E-state index contributed by atoms with van der Waals surface area (Å²) in [6, 6.07) is 18.0. The molecule has 0 aliphatic carbocycles. The van der Waals surface area contributed by atoms with Gasteiger partial charge in [0.1, 0.15) is 0 Å². The minimum absolute atomic E-state index is 0. The molecule has 0 aliphatic rings. The SMILES string of the molecule is CN([B]c1ccccc1)c1ccc(Cl)cc1.O.O. The molecule has 2 aromatic carbocycles. The number of hydrogen-bond donors (Lipinski definition) is 0. The second kappa shape index (κ2) is 7.77. The lowest BCUT2D eigenvalue weighted by Crippen LogP contribution is -2.32. The zero-order chi connectivity index (χ0) is 11.4. The molecule has 0 heterocycles. The summed E-state index contributed by atoms with van der Waals surface area (Å²) in [4.78, 5) is 2.08. The van der Waals surface area contributed by atoms with Gasteiger partial charge >= 0.3 is 0 Å². The van der Waals surface area contributed by atoms with Gasteiger partial charge in [-0.2, -0.15) is 0 Å². The number of benzene rings is 2. The Morgan fingerprint density at radius 1 is 0.889 bits per heavy atom. The van der Waals surface area contributed by atoms with Gasteiger partial charge in [0.2, 0.25) is 0 Å². The Hall–Kier alpha value is -1.49. The van der Waals surface area contributed by atoms with Gasteiger partial charge in [-0.15, -0.1) is 0 Å². The molecule has 0 atom stereocenters. The summed E-state index contributed by atoms with van der Waals surface area (Å²) in [5.74, 6) is 0. The molecule has 95 valence electrons. The van der Waals surface area contributed by atoms with Crippen LogP contribution in [0.25, 0.3) is 0 Å². The molecule has 1 radical (unpaired) electrons. The van der Waals surface area contributed by atoms with Crippen LogP contribution in [-0.4, -0.2) is 25.4 Å². The molecule has 2 rings (SSSR count). The molecule has 0 aliphatic heterocycles. The maximum atomic E-state index is 5.85. The maximum Gasteiger partial charge on any atom is 0.284 e. The largest absolute Gasteiger partial charge is 0.417 e. The summed E-state index contributed by atoms with van der Waals surface area (Å²) < 4.78 is 0. The molecule has 4 N–H and O–H groups in total. The minimum atomic E-state index is 0. The normalized spacial score (nSPS) is 8.78. The van der Waals surface area contributed by atoms with Crippen LogP contribution >= 0.6 is 11.6 Å². The van der Waals surface area contributed by atoms with Crippen LogP contribution in [0, 0.1) is 0 Å². The molecule has 18 heavy (non-hydrogen) atoms. The molecule has 0 bridgehead atoms. The van der Waals surface area contributed by atoms with Crippen molar-refractivity contribution >= 4 is 30.2 Å². The first-order valence-electron chi connectivity index (χ1n) is 5.14.